The summed E-state index contributed by atoms with van der Waals surface area (Å²) in [4.78, 5) is 14.1. The summed E-state index contributed by atoms with van der Waals surface area (Å²) in [5.41, 5.74) is -0.270. The van der Waals surface area contributed by atoms with E-state index in [1.807, 2.05) is 10.8 Å². The van der Waals surface area contributed by atoms with Crippen LogP contribution in [0.4, 0.5) is 10.1 Å². The molecule has 0 bridgehead atoms. The average Bonchev–Trinajstić information content (AvgIpc) is 3.04. The van der Waals surface area contributed by atoms with Crippen LogP contribution >= 0.6 is 0 Å². The van der Waals surface area contributed by atoms with Crippen LogP contribution in [0.15, 0.2) is 36.9 Å². The maximum Gasteiger partial charge on any atom is 0.272 e. The number of nitro benzene ring substituents is 1. The molecule has 0 amide bonds. The van der Waals surface area contributed by atoms with Gasteiger partial charge < -0.3 is 9.30 Å². The minimum atomic E-state index is -0.689. The molecule has 0 N–H and O–H groups in total. The summed E-state index contributed by atoms with van der Waals surface area (Å²) >= 11 is 0. The molecule has 0 aliphatic heterocycles. The van der Waals surface area contributed by atoms with E-state index in [2.05, 4.69) is 4.98 Å². The van der Waals surface area contributed by atoms with Gasteiger partial charge in [-0.15, -0.1) is 0 Å². The lowest BCUT2D eigenvalue weighted by molar-refractivity contribution is -0.385. The van der Waals surface area contributed by atoms with Crippen LogP contribution in [0, 0.1) is 21.8 Å². The zero-order valence-corrected chi connectivity index (χ0v) is 12.6. The minimum absolute atomic E-state index is 0.0816. The van der Waals surface area contributed by atoms with Crippen LogP contribution in [0.25, 0.3) is 0 Å². The first kappa shape index (κ1) is 15.5. The zero-order chi connectivity index (χ0) is 16.2. The van der Waals surface area contributed by atoms with Gasteiger partial charge in [-0.3, -0.25) is 10.1 Å². The fraction of sp³-hybridized carbons (Fsp3) is 0.438. The SMILES string of the molecule is O=[N+]([O-])c1ccc(O[C@H]2CCCC[C@@H]2Cn2ccnc2)c(F)c1. The van der Waals surface area contributed by atoms with Gasteiger partial charge in [-0.25, -0.2) is 9.37 Å². The molecule has 1 aliphatic carbocycles. The van der Waals surface area contributed by atoms with Crippen LogP contribution in [0.2, 0.25) is 0 Å². The van der Waals surface area contributed by atoms with Gasteiger partial charge in [0.1, 0.15) is 6.10 Å². The molecule has 1 saturated carbocycles. The van der Waals surface area contributed by atoms with E-state index in [1.165, 1.54) is 12.1 Å². The number of aromatic nitrogens is 2. The number of non-ortho nitro benzene ring substituents is 1. The van der Waals surface area contributed by atoms with Gasteiger partial charge in [0, 0.05) is 30.9 Å². The molecular weight excluding hydrogens is 301 g/mol. The Bertz CT molecular complexity index is 675. The summed E-state index contributed by atoms with van der Waals surface area (Å²) in [7, 11) is 0. The maximum atomic E-state index is 14.0. The molecule has 0 saturated heterocycles. The predicted octanol–water partition coefficient (Wildman–Crippen LogP) is 3.57. The van der Waals surface area contributed by atoms with Crippen LogP contribution in [-0.2, 0) is 6.54 Å². The van der Waals surface area contributed by atoms with Crippen molar-refractivity contribution in [3.05, 3.63) is 52.9 Å². The van der Waals surface area contributed by atoms with E-state index < -0.39 is 10.7 Å². The van der Waals surface area contributed by atoms with Crippen LogP contribution in [0.5, 0.6) is 5.75 Å². The first-order valence-corrected chi connectivity index (χ1v) is 7.70. The smallest absolute Gasteiger partial charge is 0.272 e. The van der Waals surface area contributed by atoms with E-state index in [1.54, 1.807) is 12.5 Å². The molecule has 1 aromatic carbocycles. The number of benzene rings is 1. The molecule has 2 atom stereocenters. The van der Waals surface area contributed by atoms with Gasteiger partial charge in [-0.2, -0.15) is 0 Å². The summed E-state index contributed by atoms with van der Waals surface area (Å²) in [6, 6.07) is 3.52. The molecule has 1 fully saturated rings. The molecule has 122 valence electrons. The molecule has 0 radical (unpaired) electrons. The monoisotopic (exact) mass is 319 g/mol. The van der Waals surface area contributed by atoms with Crippen molar-refractivity contribution in [3.63, 3.8) is 0 Å². The first-order chi connectivity index (χ1) is 11.1. The third-order valence-electron chi connectivity index (χ3n) is 4.25. The van der Waals surface area contributed by atoms with Crippen molar-refractivity contribution in [1.29, 1.82) is 0 Å². The number of ether oxygens (including phenoxy) is 1. The average molecular weight is 319 g/mol. The van der Waals surface area contributed by atoms with Crippen LogP contribution < -0.4 is 4.74 Å². The number of rotatable bonds is 5. The molecule has 2 aromatic rings. The lowest BCUT2D eigenvalue weighted by Gasteiger charge is -2.32. The van der Waals surface area contributed by atoms with Crippen molar-refractivity contribution >= 4 is 5.69 Å². The Morgan fingerprint density at radius 3 is 2.91 bits per heavy atom. The Balaban J connectivity index is 1.72. The zero-order valence-electron chi connectivity index (χ0n) is 12.6. The van der Waals surface area contributed by atoms with Gasteiger partial charge in [-0.1, -0.05) is 6.42 Å². The number of imidazole rings is 1. The van der Waals surface area contributed by atoms with E-state index in [0.29, 0.717) is 0 Å². The van der Waals surface area contributed by atoms with Gasteiger partial charge in [0.05, 0.1) is 17.3 Å². The molecular formula is C16H18FN3O3. The highest BCUT2D eigenvalue weighted by molar-refractivity contribution is 5.37. The lowest BCUT2D eigenvalue weighted by atomic mass is 9.86. The molecule has 7 heteroatoms. The van der Waals surface area contributed by atoms with Crippen molar-refractivity contribution in [1.82, 2.24) is 9.55 Å². The van der Waals surface area contributed by atoms with Crippen LogP contribution in [0.3, 0.4) is 0 Å². The second-order valence-electron chi connectivity index (χ2n) is 5.83. The topological polar surface area (TPSA) is 70.2 Å². The van der Waals surface area contributed by atoms with E-state index >= 15 is 0 Å². The summed E-state index contributed by atoms with van der Waals surface area (Å²) in [5, 5.41) is 10.7. The largest absolute Gasteiger partial charge is 0.487 e. The molecule has 1 aromatic heterocycles. The molecule has 1 aliphatic rings. The highest BCUT2D eigenvalue weighted by Crippen LogP contribution is 2.31. The van der Waals surface area contributed by atoms with E-state index in [-0.39, 0.29) is 23.5 Å². The molecule has 0 spiro atoms. The number of hydrogen-bond acceptors (Lipinski definition) is 4. The molecule has 1 heterocycles. The van der Waals surface area contributed by atoms with Crippen LogP contribution in [0.1, 0.15) is 25.7 Å². The summed E-state index contributed by atoms with van der Waals surface area (Å²) in [5.74, 6) is -0.336. The van der Waals surface area contributed by atoms with Crippen molar-refractivity contribution < 1.29 is 14.1 Å². The quantitative estimate of drug-likeness (QED) is 0.624. The van der Waals surface area contributed by atoms with Gasteiger partial charge in [-0.05, 0) is 25.3 Å². The van der Waals surface area contributed by atoms with E-state index in [0.717, 1.165) is 38.3 Å². The van der Waals surface area contributed by atoms with Crippen molar-refractivity contribution in [2.24, 2.45) is 5.92 Å². The van der Waals surface area contributed by atoms with Crippen molar-refractivity contribution in [2.75, 3.05) is 0 Å². The van der Waals surface area contributed by atoms with Gasteiger partial charge in [0.15, 0.2) is 11.6 Å². The van der Waals surface area contributed by atoms with Crippen molar-refractivity contribution in [2.45, 2.75) is 38.3 Å². The van der Waals surface area contributed by atoms with E-state index in [9.17, 15) is 14.5 Å². The highest BCUT2D eigenvalue weighted by Gasteiger charge is 2.28. The summed E-state index contributed by atoms with van der Waals surface area (Å²) in [6.07, 6.45) is 9.34. The third-order valence-corrected chi connectivity index (χ3v) is 4.25. The Hall–Kier alpha value is -2.44. The maximum absolute atomic E-state index is 14.0. The summed E-state index contributed by atoms with van der Waals surface area (Å²) in [6.45, 7) is 0.777. The number of nitro groups is 1. The first-order valence-electron chi connectivity index (χ1n) is 7.70. The molecule has 0 unspecified atom stereocenters. The second kappa shape index (κ2) is 6.76. The second-order valence-corrected chi connectivity index (χ2v) is 5.83. The lowest BCUT2D eigenvalue weighted by Crippen LogP contribution is -2.33. The predicted molar refractivity (Wildman–Crippen MR) is 81.7 cm³/mol. The van der Waals surface area contributed by atoms with Crippen LogP contribution in [-0.4, -0.2) is 20.6 Å². The van der Waals surface area contributed by atoms with Gasteiger partial charge in [0.2, 0.25) is 0 Å². The molecule has 3 rings (SSSR count). The fourth-order valence-corrected chi connectivity index (χ4v) is 3.07. The Morgan fingerprint density at radius 2 is 2.22 bits per heavy atom. The minimum Gasteiger partial charge on any atom is -0.487 e. The third kappa shape index (κ3) is 3.67. The van der Waals surface area contributed by atoms with Gasteiger partial charge >= 0.3 is 0 Å². The Kier molecular flexibility index (Phi) is 4.55. The normalized spacial score (nSPS) is 21.1. The standard InChI is InChI=1S/C16H18FN3O3/c17-14-9-13(20(21)22)5-6-16(14)23-15-4-2-1-3-12(15)10-19-8-7-18-11-19/h5-9,11-12,15H,1-4,10H2/t12-,15+/m1/s1. The Morgan fingerprint density at radius 1 is 1.39 bits per heavy atom. The highest BCUT2D eigenvalue weighted by atomic mass is 19.1. The molecule has 6 nitrogen and oxygen atoms in total. The number of nitrogens with zero attached hydrogens (tertiary/aromatic N) is 3. The molecule has 23 heavy (non-hydrogen) atoms. The fourth-order valence-electron chi connectivity index (χ4n) is 3.07. The van der Waals surface area contributed by atoms with Gasteiger partial charge in [0.25, 0.3) is 5.69 Å². The Labute approximate surface area is 133 Å². The van der Waals surface area contributed by atoms with E-state index in [4.69, 9.17) is 4.74 Å². The number of hydrogen-bond donors (Lipinski definition) is 0. The summed E-state index contributed by atoms with van der Waals surface area (Å²) < 4.78 is 21.9. The number of halogens is 1. The van der Waals surface area contributed by atoms with Crippen molar-refractivity contribution in [3.8, 4) is 5.75 Å².